The largest absolute Gasteiger partial charge is 0.480 e. The third-order valence-electron chi connectivity index (χ3n) is 6.24. The Morgan fingerprint density at radius 3 is 2.03 bits per heavy atom. The topological polar surface area (TPSA) is 133 Å². The van der Waals surface area contributed by atoms with E-state index in [1.54, 1.807) is 0 Å². The Morgan fingerprint density at radius 2 is 1.51 bits per heavy atom. The van der Waals surface area contributed by atoms with Crippen molar-refractivity contribution >= 4 is 29.8 Å². The van der Waals surface area contributed by atoms with Crippen LogP contribution in [-0.2, 0) is 23.9 Å². The van der Waals surface area contributed by atoms with E-state index >= 15 is 0 Å². The van der Waals surface area contributed by atoms with Gasteiger partial charge in [0.05, 0.1) is 0 Å². The van der Waals surface area contributed by atoms with Gasteiger partial charge in [-0.2, -0.15) is 10.0 Å². The van der Waals surface area contributed by atoms with Crippen molar-refractivity contribution < 1.29 is 33.8 Å². The zero-order valence-corrected chi connectivity index (χ0v) is 19.3. The van der Waals surface area contributed by atoms with E-state index in [4.69, 9.17) is 9.84 Å². The average Bonchev–Trinajstić information content (AvgIpc) is 3.34. The molecule has 4 amide bonds. The molecule has 0 bridgehead atoms. The summed E-state index contributed by atoms with van der Waals surface area (Å²) in [6.45, 7) is 2.47. The van der Waals surface area contributed by atoms with Gasteiger partial charge in [-0.05, 0) is 36.1 Å². The van der Waals surface area contributed by atoms with Crippen LogP contribution >= 0.6 is 0 Å². The molecule has 0 spiro atoms. The van der Waals surface area contributed by atoms with Gasteiger partial charge in [-0.15, -0.1) is 0 Å². The Hall–Kier alpha value is -4.21. The van der Waals surface area contributed by atoms with E-state index in [0.717, 1.165) is 22.3 Å². The number of rotatable bonds is 7. The lowest BCUT2D eigenvalue weighted by molar-refractivity contribution is -0.160. The van der Waals surface area contributed by atoms with Crippen LogP contribution < -0.4 is 5.32 Å². The predicted molar refractivity (Wildman–Crippen MR) is 123 cm³/mol. The molecule has 1 saturated heterocycles. The molecule has 1 aliphatic heterocycles. The number of fused-ring (bicyclic) bond motifs is 3. The lowest BCUT2D eigenvalue weighted by atomic mass is 9.98. The van der Waals surface area contributed by atoms with Crippen LogP contribution in [0.25, 0.3) is 11.1 Å². The number of carbonyl (C=O) groups excluding carboxylic acids is 4. The molecule has 0 aromatic heterocycles. The minimum Gasteiger partial charge on any atom is -0.480 e. The van der Waals surface area contributed by atoms with Crippen molar-refractivity contribution in [1.82, 2.24) is 15.3 Å². The van der Waals surface area contributed by atoms with Crippen LogP contribution in [0.15, 0.2) is 48.5 Å². The summed E-state index contributed by atoms with van der Waals surface area (Å²) in [5, 5.41) is 12.6. The molecule has 182 valence electrons. The van der Waals surface area contributed by atoms with Crippen LogP contribution in [-0.4, -0.2) is 63.6 Å². The van der Waals surface area contributed by atoms with Crippen molar-refractivity contribution in [2.45, 2.75) is 44.7 Å². The van der Waals surface area contributed by atoms with E-state index in [9.17, 15) is 24.0 Å². The van der Waals surface area contributed by atoms with Gasteiger partial charge in [0.15, 0.2) is 0 Å². The highest BCUT2D eigenvalue weighted by atomic mass is 16.6. The van der Waals surface area contributed by atoms with Crippen LogP contribution in [0, 0.1) is 0 Å². The quantitative estimate of drug-likeness (QED) is 0.582. The van der Waals surface area contributed by atoms with E-state index < -0.39 is 41.9 Å². The Kier molecular flexibility index (Phi) is 6.54. The van der Waals surface area contributed by atoms with Crippen LogP contribution in [0.4, 0.5) is 4.79 Å². The van der Waals surface area contributed by atoms with Crippen LogP contribution in [0.5, 0.6) is 0 Å². The third kappa shape index (κ3) is 4.46. The Balaban J connectivity index is 1.57. The highest BCUT2D eigenvalue weighted by molar-refractivity contribution is 6.03. The van der Waals surface area contributed by atoms with E-state index in [2.05, 4.69) is 5.32 Å². The normalized spacial score (nSPS) is 16.3. The van der Waals surface area contributed by atoms with E-state index in [0.29, 0.717) is 10.0 Å². The highest BCUT2D eigenvalue weighted by Gasteiger charge is 2.43. The van der Waals surface area contributed by atoms with Gasteiger partial charge in [0.25, 0.3) is 0 Å². The van der Waals surface area contributed by atoms with Crippen molar-refractivity contribution in [1.29, 1.82) is 0 Å². The number of hydrogen-bond acceptors (Lipinski definition) is 6. The van der Waals surface area contributed by atoms with Gasteiger partial charge in [0.1, 0.15) is 18.7 Å². The monoisotopic (exact) mass is 479 g/mol. The summed E-state index contributed by atoms with van der Waals surface area (Å²) < 4.78 is 5.58. The zero-order chi connectivity index (χ0) is 25.3. The fraction of sp³-hybridized carbons (Fsp3) is 0.320. The number of ether oxygens (including phenoxy) is 1. The van der Waals surface area contributed by atoms with E-state index in [1.165, 1.54) is 13.8 Å². The molecule has 1 aliphatic carbocycles. The summed E-state index contributed by atoms with van der Waals surface area (Å²) >= 11 is 0. The molecule has 2 N–H and O–H groups in total. The number of nitrogens with zero attached hydrogens (tertiary/aromatic N) is 2. The molecule has 1 fully saturated rings. The number of imide groups is 1. The van der Waals surface area contributed by atoms with Gasteiger partial charge in [0, 0.05) is 18.8 Å². The maximum Gasteiger partial charge on any atom is 0.430 e. The molecule has 0 unspecified atom stereocenters. The number of hydrazine groups is 1. The van der Waals surface area contributed by atoms with Gasteiger partial charge in [-0.25, -0.2) is 4.79 Å². The fourth-order valence-electron chi connectivity index (χ4n) is 4.38. The standard InChI is InChI=1S/C25H25N3O7/c1-14(24(32)33)26-23(31)15(2)27(28-21(29)11-12-22(28)30)25(34)35-13-20-18-9-5-3-7-16(18)17-8-4-6-10-19(17)20/h3-10,14-15,20H,11-13H2,1-2H3,(H,26,31)(H,32,33)/t14-,15-/m0/s1. The first-order valence-corrected chi connectivity index (χ1v) is 11.2. The Morgan fingerprint density at radius 1 is 1.00 bits per heavy atom. The zero-order valence-electron chi connectivity index (χ0n) is 19.3. The second kappa shape index (κ2) is 9.57. The van der Waals surface area contributed by atoms with Gasteiger partial charge in [-0.1, -0.05) is 48.5 Å². The predicted octanol–water partition coefficient (Wildman–Crippen LogP) is 2.28. The summed E-state index contributed by atoms with van der Waals surface area (Å²) in [5.74, 6) is -3.68. The highest BCUT2D eigenvalue weighted by Crippen LogP contribution is 2.44. The lowest BCUT2D eigenvalue weighted by Crippen LogP contribution is -2.59. The first-order chi connectivity index (χ1) is 16.7. The smallest absolute Gasteiger partial charge is 0.430 e. The van der Waals surface area contributed by atoms with Gasteiger partial charge in [-0.3, -0.25) is 19.2 Å². The lowest BCUT2D eigenvalue weighted by Gasteiger charge is -2.33. The number of hydrogen-bond donors (Lipinski definition) is 2. The van der Waals surface area contributed by atoms with Crippen LogP contribution in [0.1, 0.15) is 43.7 Å². The first-order valence-electron chi connectivity index (χ1n) is 11.2. The number of carbonyl (C=O) groups is 5. The van der Waals surface area contributed by atoms with Crippen molar-refractivity contribution in [3.63, 3.8) is 0 Å². The third-order valence-corrected chi connectivity index (χ3v) is 6.24. The molecule has 1 heterocycles. The summed E-state index contributed by atoms with van der Waals surface area (Å²) in [6.07, 6.45) is -1.27. The number of benzene rings is 2. The van der Waals surface area contributed by atoms with Gasteiger partial charge in [0.2, 0.25) is 17.7 Å². The van der Waals surface area contributed by atoms with Crippen molar-refractivity contribution in [3.8, 4) is 11.1 Å². The summed E-state index contributed by atoms with van der Waals surface area (Å²) in [6, 6.07) is 12.9. The molecule has 2 aliphatic rings. The molecule has 10 heteroatoms. The first kappa shape index (κ1) is 23.9. The minimum absolute atomic E-state index is 0.0839. The maximum absolute atomic E-state index is 13.2. The van der Waals surface area contributed by atoms with E-state index in [1.807, 2.05) is 48.5 Å². The molecule has 0 saturated carbocycles. The van der Waals surface area contributed by atoms with Crippen molar-refractivity contribution in [3.05, 3.63) is 59.7 Å². The summed E-state index contributed by atoms with van der Waals surface area (Å²) in [7, 11) is 0. The molecular formula is C25H25N3O7. The number of nitrogens with one attached hydrogen (secondary N) is 1. The second-order valence-corrected chi connectivity index (χ2v) is 8.49. The molecule has 2 atom stereocenters. The van der Waals surface area contributed by atoms with Crippen molar-refractivity contribution in [2.75, 3.05) is 6.61 Å². The molecule has 0 radical (unpaired) electrons. The molecular weight excluding hydrogens is 454 g/mol. The summed E-state index contributed by atoms with van der Waals surface area (Å²) in [5.41, 5.74) is 4.01. The minimum atomic E-state index is -1.38. The van der Waals surface area contributed by atoms with Gasteiger partial charge < -0.3 is 15.2 Å². The maximum atomic E-state index is 13.2. The number of aliphatic carboxylic acids is 1. The van der Waals surface area contributed by atoms with Crippen LogP contribution in [0.2, 0.25) is 0 Å². The average molecular weight is 479 g/mol. The SMILES string of the molecule is C[C@H](NC(=O)[C@H](C)N(C(=O)OCC1c2ccccc2-c2ccccc21)N1C(=O)CCC1=O)C(=O)O. The number of carboxylic acid groups (broad SMARTS) is 1. The molecule has 2 aromatic carbocycles. The number of amides is 4. The number of carboxylic acids is 1. The Bertz CT molecular complexity index is 1150. The molecule has 35 heavy (non-hydrogen) atoms. The molecule has 10 nitrogen and oxygen atoms in total. The second-order valence-electron chi connectivity index (χ2n) is 8.49. The summed E-state index contributed by atoms with van der Waals surface area (Å²) in [4.78, 5) is 61.9. The van der Waals surface area contributed by atoms with Crippen molar-refractivity contribution in [2.24, 2.45) is 0 Å². The molecule has 4 rings (SSSR count). The van der Waals surface area contributed by atoms with Crippen LogP contribution in [0.3, 0.4) is 0 Å². The van der Waals surface area contributed by atoms with Gasteiger partial charge >= 0.3 is 12.1 Å². The fourth-order valence-corrected chi connectivity index (χ4v) is 4.38. The van der Waals surface area contributed by atoms with E-state index in [-0.39, 0.29) is 25.4 Å². The Labute approximate surface area is 201 Å². The molecule has 2 aromatic rings.